The van der Waals surface area contributed by atoms with E-state index in [1.165, 1.54) is 6.07 Å². The van der Waals surface area contributed by atoms with Crippen LogP contribution in [0.5, 0.6) is 0 Å². The summed E-state index contributed by atoms with van der Waals surface area (Å²) >= 11 is 0. The van der Waals surface area contributed by atoms with Crippen LogP contribution in [-0.4, -0.2) is 19.8 Å². The van der Waals surface area contributed by atoms with Crippen molar-refractivity contribution in [3.05, 3.63) is 29.6 Å². The first-order valence-corrected chi connectivity index (χ1v) is 5.24. The molecule has 2 saturated heterocycles. The highest BCUT2D eigenvalue weighted by Gasteiger charge is 2.51. The zero-order valence-electron chi connectivity index (χ0n) is 8.70. The number of nitrogens with one attached hydrogen (secondary N) is 1. The number of ether oxygens (including phenoxy) is 1. The zero-order chi connectivity index (χ0) is 11.2. The van der Waals surface area contributed by atoms with Crippen LogP contribution in [0.2, 0.25) is 0 Å². The fourth-order valence-corrected chi connectivity index (χ4v) is 2.43. The van der Waals surface area contributed by atoms with E-state index in [4.69, 9.17) is 15.3 Å². The first kappa shape index (κ1) is 10.0. The molecular formula is C11H13FN2O2. The van der Waals surface area contributed by atoms with Crippen molar-refractivity contribution in [3.8, 4) is 0 Å². The Morgan fingerprint density at radius 1 is 1.44 bits per heavy atom. The van der Waals surface area contributed by atoms with Crippen LogP contribution < -0.4 is 11.2 Å². The maximum absolute atomic E-state index is 13.8. The van der Waals surface area contributed by atoms with E-state index < -0.39 is 5.54 Å². The van der Waals surface area contributed by atoms with Crippen LogP contribution in [0.3, 0.4) is 0 Å². The number of rotatable bonds is 1. The molecule has 0 radical (unpaired) electrons. The summed E-state index contributed by atoms with van der Waals surface area (Å²) in [5.41, 5.74) is 9.11. The van der Waals surface area contributed by atoms with Gasteiger partial charge in [0.15, 0.2) is 0 Å². The molecule has 16 heavy (non-hydrogen) atoms. The quantitative estimate of drug-likeness (QED) is 0.692. The Labute approximate surface area is 92.5 Å². The van der Waals surface area contributed by atoms with Gasteiger partial charge in [-0.15, -0.1) is 0 Å². The third kappa shape index (κ3) is 1.25. The van der Waals surface area contributed by atoms with Gasteiger partial charge >= 0.3 is 0 Å². The van der Waals surface area contributed by atoms with Crippen molar-refractivity contribution in [2.24, 2.45) is 5.92 Å². The van der Waals surface area contributed by atoms with Crippen molar-refractivity contribution in [1.82, 2.24) is 5.48 Å². The summed E-state index contributed by atoms with van der Waals surface area (Å²) < 4.78 is 19.3. The van der Waals surface area contributed by atoms with E-state index in [9.17, 15) is 4.39 Å². The highest BCUT2D eigenvalue weighted by molar-refractivity contribution is 5.45. The first-order chi connectivity index (χ1) is 7.72. The fraction of sp³-hybridized carbons (Fsp3) is 0.455. The summed E-state index contributed by atoms with van der Waals surface area (Å²) in [6, 6.07) is 4.59. The van der Waals surface area contributed by atoms with Crippen molar-refractivity contribution >= 4 is 5.69 Å². The van der Waals surface area contributed by atoms with Gasteiger partial charge in [-0.1, -0.05) is 0 Å². The summed E-state index contributed by atoms with van der Waals surface area (Å²) in [5.74, 6) is -0.133. The molecule has 4 nitrogen and oxygen atoms in total. The predicted octanol–water partition coefficient (Wildman–Crippen LogP) is 0.784. The lowest BCUT2D eigenvalue weighted by molar-refractivity contribution is 0.0242. The fourth-order valence-electron chi connectivity index (χ4n) is 2.43. The van der Waals surface area contributed by atoms with Crippen LogP contribution in [0.15, 0.2) is 18.2 Å². The lowest BCUT2D eigenvalue weighted by Gasteiger charge is -2.26. The molecular weight excluding hydrogens is 211 g/mol. The molecule has 2 fully saturated rings. The van der Waals surface area contributed by atoms with E-state index >= 15 is 0 Å². The molecule has 0 aliphatic carbocycles. The van der Waals surface area contributed by atoms with Gasteiger partial charge in [-0.25, -0.2) is 4.39 Å². The van der Waals surface area contributed by atoms with E-state index in [1.807, 2.05) is 0 Å². The van der Waals surface area contributed by atoms with Gasteiger partial charge in [0.2, 0.25) is 0 Å². The second-order valence-electron chi connectivity index (χ2n) is 4.34. The minimum absolute atomic E-state index is 0.142. The van der Waals surface area contributed by atoms with Crippen molar-refractivity contribution in [3.63, 3.8) is 0 Å². The van der Waals surface area contributed by atoms with Crippen molar-refractivity contribution in [2.45, 2.75) is 5.54 Å². The van der Waals surface area contributed by atoms with Gasteiger partial charge in [-0.05, 0) is 18.2 Å². The topological polar surface area (TPSA) is 56.5 Å². The van der Waals surface area contributed by atoms with Crippen molar-refractivity contribution < 1.29 is 14.0 Å². The number of fused-ring (bicyclic) bond motifs is 1. The molecule has 3 rings (SSSR count). The molecule has 2 aliphatic heterocycles. The van der Waals surface area contributed by atoms with Gasteiger partial charge in [0.25, 0.3) is 0 Å². The highest BCUT2D eigenvalue weighted by Crippen LogP contribution is 2.40. The molecule has 1 aromatic rings. The summed E-state index contributed by atoms with van der Waals surface area (Å²) in [5, 5.41) is 0. The molecule has 2 heterocycles. The summed E-state index contributed by atoms with van der Waals surface area (Å²) in [4.78, 5) is 5.23. The van der Waals surface area contributed by atoms with E-state index in [1.54, 1.807) is 12.1 Å². The summed E-state index contributed by atoms with van der Waals surface area (Å²) in [7, 11) is 0. The molecule has 3 N–H and O–H groups in total. The normalized spacial score (nSPS) is 32.9. The molecule has 0 bridgehead atoms. The standard InChI is InChI=1S/C11H13FN2O2/c12-10-2-1-8(13)3-9(10)11-6-15-4-7(11)5-16-14-11/h1-3,7,14H,4-6,13H2/t7-,11?/m1/s1. The Hall–Kier alpha value is -1.17. The average Bonchev–Trinajstić information content (AvgIpc) is 2.80. The van der Waals surface area contributed by atoms with E-state index in [-0.39, 0.29) is 11.7 Å². The largest absolute Gasteiger partial charge is 0.399 e. The van der Waals surface area contributed by atoms with Gasteiger partial charge in [0.05, 0.1) is 19.8 Å². The molecule has 86 valence electrons. The van der Waals surface area contributed by atoms with Crippen LogP contribution >= 0.6 is 0 Å². The monoisotopic (exact) mass is 224 g/mol. The predicted molar refractivity (Wildman–Crippen MR) is 55.9 cm³/mol. The maximum Gasteiger partial charge on any atom is 0.128 e. The SMILES string of the molecule is Nc1ccc(F)c(C23COC[C@@H]2CON3)c1. The number of nitrogens with two attached hydrogens (primary N) is 1. The second kappa shape index (κ2) is 3.41. The highest BCUT2D eigenvalue weighted by atomic mass is 19.1. The lowest BCUT2D eigenvalue weighted by Crippen LogP contribution is -2.42. The third-order valence-electron chi connectivity index (χ3n) is 3.36. The molecule has 1 unspecified atom stereocenters. The Balaban J connectivity index is 2.11. The number of hydrogen-bond acceptors (Lipinski definition) is 4. The molecule has 2 atom stereocenters. The minimum Gasteiger partial charge on any atom is -0.399 e. The third-order valence-corrected chi connectivity index (χ3v) is 3.36. The molecule has 1 aromatic carbocycles. The number of hydroxylamine groups is 1. The first-order valence-electron chi connectivity index (χ1n) is 5.24. The van der Waals surface area contributed by atoms with E-state index in [0.717, 1.165) is 0 Å². The lowest BCUT2D eigenvalue weighted by atomic mass is 9.82. The number of benzene rings is 1. The average molecular weight is 224 g/mol. The smallest absolute Gasteiger partial charge is 0.128 e. The Bertz CT molecular complexity index is 414. The molecule has 5 heteroatoms. The Morgan fingerprint density at radius 2 is 2.31 bits per heavy atom. The molecule has 0 amide bonds. The van der Waals surface area contributed by atoms with Crippen LogP contribution in [0.25, 0.3) is 0 Å². The number of halogens is 1. The summed E-state index contributed by atoms with van der Waals surface area (Å²) in [6.45, 7) is 1.54. The van der Waals surface area contributed by atoms with Gasteiger partial charge < -0.3 is 15.3 Å². The number of nitrogen functional groups attached to an aromatic ring is 1. The van der Waals surface area contributed by atoms with Crippen LogP contribution in [-0.2, 0) is 15.1 Å². The minimum atomic E-state index is -0.570. The maximum atomic E-state index is 13.8. The summed E-state index contributed by atoms with van der Waals surface area (Å²) in [6.07, 6.45) is 0. The van der Waals surface area contributed by atoms with Crippen LogP contribution in [0.1, 0.15) is 5.56 Å². The van der Waals surface area contributed by atoms with E-state index in [2.05, 4.69) is 5.48 Å². The van der Waals surface area contributed by atoms with Gasteiger partial charge in [0, 0.05) is 17.2 Å². The van der Waals surface area contributed by atoms with Crippen LogP contribution in [0, 0.1) is 11.7 Å². The van der Waals surface area contributed by atoms with Crippen molar-refractivity contribution in [2.75, 3.05) is 25.6 Å². The molecule has 0 aromatic heterocycles. The Morgan fingerprint density at radius 3 is 3.19 bits per heavy atom. The van der Waals surface area contributed by atoms with E-state index in [0.29, 0.717) is 31.1 Å². The van der Waals surface area contributed by atoms with Crippen molar-refractivity contribution in [1.29, 1.82) is 0 Å². The van der Waals surface area contributed by atoms with Gasteiger partial charge in [-0.3, -0.25) is 0 Å². The zero-order valence-corrected chi connectivity index (χ0v) is 8.70. The molecule has 0 spiro atoms. The second-order valence-corrected chi connectivity index (χ2v) is 4.34. The molecule has 2 aliphatic rings. The molecule has 0 saturated carbocycles. The van der Waals surface area contributed by atoms with Gasteiger partial charge in [0.1, 0.15) is 11.4 Å². The Kier molecular flexibility index (Phi) is 2.14. The van der Waals surface area contributed by atoms with Gasteiger partial charge in [-0.2, -0.15) is 5.48 Å². The number of anilines is 1. The van der Waals surface area contributed by atoms with Crippen LogP contribution in [0.4, 0.5) is 10.1 Å². The number of hydrogen-bond donors (Lipinski definition) is 2.